The van der Waals surface area contributed by atoms with Crippen molar-refractivity contribution >= 4 is 11.5 Å². The van der Waals surface area contributed by atoms with Gasteiger partial charge in [-0.3, -0.25) is 5.41 Å². The molecule has 1 aromatic carbocycles. The Morgan fingerprint density at radius 1 is 1.44 bits per heavy atom. The first kappa shape index (κ1) is 12.9. The summed E-state index contributed by atoms with van der Waals surface area (Å²) in [6.07, 6.45) is 2.47. The van der Waals surface area contributed by atoms with E-state index in [-0.39, 0.29) is 5.84 Å². The zero-order chi connectivity index (χ0) is 13.3. The maximum atomic E-state index is 7.76. The van der Waals surface area contributed by atoms with Crippen molar-refractivity contribution in [2.45, 2.75) is 39.7 Å². The molecule has 18 heavy (non-hydrogen) atoms. The lowest BCUT2D eigenvalue weighted by Gasteiger charge is -2.31. The molecule has 1 aliphatic rings. The van der Waals surface area contributed by atoms with Crippen molar-refractivity contribution in [3.05, 3.63) is 29.3 Å². The van der Waals surface area contributed by atoms with Gasteiger partial charge in [0.1, 0.15) is 5.84 Å². The van der Waals surface area contributed by atoms with Gasteiger partial charge in [-0.15, -0.1) is 0 Å². The molecule has 1 aliphatic heterocycles. The second-order valence-corrected chi connectivity index (χ2v) is 5.58. The zero-order valence-electron chi connectivity index (χ0n) is 11.5. The highest BCUT2D eigenvalue weighted by Gasteiger charge is 2.28. The van der Waals surface area contributed by atoms with E-state index in [1.54, 1.807) is 0 Å². The highest BCUT2D eigenvalue weighted by atomic mass is 15.2. The largest absolute Gasteiger partial charge is 0.384 e. The molecule has 0 saturated carbocycles. The average molecular weight is 245 g/mol. The molecular weight excluding hydrogens is 222 g/mol. The predicted molar refractivity (Wildman–Crippen MR) is 77.4 cm³/mol. The van der Waals surface area contributed by atoms with Crippen LogP contribution in [0, 0.1) is 18.3 Å². The monoisotopic (exact) mass is 245 g/mol. The molecule has 2 rings (SSSR count). The number of amidine groups is 1. The second-order valence-electron chi connectivity index (χ2n) is 5.58. The van der Waals surface area contributed by atoms with Gasteiger partial charge in [-0.05, 0) is 37.8 Å². The van der Waals surface area contributed by atoms with E-state index in [0.29, 0.717) is 12.0 Å². The van der Waals surface area contributed by atoms with Crippen molar-refractivity contribution in [1.29, 1.82) is 5.41 Å². The molecule has 1 fully saturated rings. The van der Waals surface area contributed by atoms with Crippen molar-refractivity contribution < 1.29 is 0 Å². The van der Waals surface area contributed by atoms with Crippen LogP contribution in [0.4, 0.5) is 5.69 Å². The molecule has 98 valence electrons. The highest BCUT2D eigenvalue weighted by Crippen LogP contribution is 2.32. The molecule has 0 radical (unpaired) electrons. The molecule has 1 aromatic rings. The number of aryl methyl sites for hydroxylation is 1. The summed E-state index contributed by atoms with van der Waals surface area (Å²) in [6.45, 7) is 7.65. The predicted octanol–water partition coefficient (Wildman–Crippen LogP) is 2.90. The Bertz CT molecular complexity index is 451. The van der Waals surface area contributed by atoms with E-state index in [2.05, 4.69) is 30.9 Å². The summed E-state index contributed by atoms with van der Waals surface area (Å²) in [4.78, 5) is 2.43. The smallest absolute Gasteiger partial charge is 0.124 e. The number of hydrogen-bond acceptors (Lipinski definition) is 2. The van der Waals surface area contributed by atoms with Crippen LogP contribution in [0.15, 0.2) is 18.2 Å². The van der Waals surface area contributed by atoms with Crippen molar-refractivity contribution in [2.75, 3.05) is 11.4 Å². The first-order valence-electron chi connectivity index (χ1n) is 6.72. The van der Waals surface area contributed by atoms with Gasteiger partial charge in [0.05, 0.1) is 0 Å². The lowest BCUT2D eigenvalue weighted by atomic mass is 10.00. The van der Waals surface area contributed by atoms with Crippen LogP contribution in [0.5, 0.6) is 0 Å². The number of nitrogens with two attached hydrogens (primary N) is 1. The third kappa shape index (κ3) is 2.35. The quantitative estimate of drug-likeness (QED) is 0.635. The molecule has 1 heterocycles. The summed E-state index contributed by atoms with van der Waals surface area (Å²) >= 11 is 0. The van der Waals surface area contributed by atoms with E-state index in [9.17, 15) is 0 Å². The summed E-state index contributed by atoms with van der Waals surface area (Å²) in [5, 5.41) is 7.76. The third-order valence-electron chi connectivity index (χ3n) is 3.82. The fourth-order valence-electron chi connectivity index (χ4n) is 2.90. The number of benzene rings is 1. The normalized spacial score (nSPS) is 19.6. The minimum Gasteiger partial charge on any atom is -0.384 e. The molecule has 0 amide bonds. The van der Waals surface area contributed by atoms with E-state index in [1.165, 1.54) is 12.8 Å². The first-order chi connectivity index (χ1) is 8.50. The zero-order valence-corrected chi connectivity index (χ0v) is 11.5. The summed E-state index contributed by atoms with van der Waals surface area (Å²) in [5.41, 5.74) is 8.89. The highest BCUT2D eigenvalue weighted by molar-refractivity contribution is 6.00. The van der Waals surface area contributed by atoms with Crippen LogP contribution in [0.1, 0.15) is 37.8 Å². The van der Waals surface area contributed by atoms with E-state index in [4.69, 9.17) is 11.1 Å². The van der Waals surface area contributed by atoms with E-state index < -0.39 is 0 Å². The number of anilines is 1. The minimum absolute atomic E-state index is 0.170. The average Bonchev–Trinajstić information content (AvgIpc) is 2.77. The standard InChI is InChI=1S/C15H23N3/c1-10(2)13-5-4-8-18(13)14-7-6-11(3)9-12(14)15(16)17/h6-7,9-10,13H,4-5,8H2,1-3H3,(H3,16,17). The van der Waals surface area contributed by atoms with Crippen LogP contribution >= 0.6 is 0 Å². The Balaban J connectivity index is 2.41. The van der Waals surface area contributed by atoms with Crippen LogP contribution in [-0.4, -0.2) is 18.4 Å². The van der Waals surface area contributed by atoms with Crippen molar-refractivity contribution in [3.63, 3.8) is 0 Å². The Kier molecular flexibility index (Phi) is 3.60. The maximum absolute atomic E-state index is 7.76. The lowest BCUT2D eigenvalue weighted by Crippen LogP contribution is -2.35. The number of hydrogen-bond donors (Lipinski definition) is 2. The molecule has 0 aromatic heterocycles. The lowest BCUT2D eigenvalue weighted by molar-refractivity contribution is 0.492. The van der Waals surface area contributed by atoms with Crippen LogP contribution in [0.2, 0.25) is 0 Å². The molecule has 1 atom stereocenters. The SMILES string of the molecule is Cc1ccc(N2CCCC2C(C)C)c(C(=N)N)c1. The molecule has 0 spiro atoms. The van der Waals surface area contributed by atoms with Crippen LogP contribution in [0.3, 0.4) is 0 Å². The van der Waals surface area contributed by atoms with Gasteiger partial charge in [-0.25, -0.2) is 0 Å². The Morgan fingerprint density at radius 3 is 2.78 bits per heavy atom. The molecule has 3 heteroatoms. The fraction of sp³-hybridized carbons (Fsp3) is 0.533. The topological polar surface area (TPSA) is 53.1 Å². The summed E-state index contributed by atoms with van der Waals surface area (Å²) in [5.74, 6) is 0.803. The van der Waals surface area contributed by atoms with Gasteiger partial charge in [-0.1, -0.05) is 25.5 Å². The Morgan fingerprint density at radius 2 is 2.17 bits per heavy atom. The van der Waals surface area contributed by atoms with E-state index in [1.807, 2.05) is 13.0 Å². The Hall–Kier alpha value is -1.51. The van der Waals surface area contributed by atoms with Gasteiger partial charge < -0.3 is 10.6 Å². The van der Waals surface area contributed by atoms with Gasteiger partial charge >= 0.3 is 0 Å². The summed E-state index contributed by atoms with van der Waals surface area (Å²) < 4.78 is 0. The van der Waals surface area contributed by atoms with Crippen molar-refractivity contribution in [1.82, 2.24) is 0 Å². The number of nitrogen functional groups attached to an aromatic ring is 1. The molecule has 0 aliphatic carbocycles. The number of rotatable bonds is 3. The molecule has 3 N–H and O–H groups in total. The van der Waals surface area contributed by atoms with E-state index in [0.717, 1.165) is 23.4 Å². The maximum Gasteiger partial charge on any atom is 0.124 e. The molecule has 3 nitrogen and oxygen atoms in total. The number of nitrogens with zero attached hydrogens (tertiary/aromatic N) is 1. The Labute approximate surface area is 109 Å². The fourth-order valence-corrected chi connectivity index (χ4v) is 2.90. The van der Waals surface area contributed by atoms with Gasteiger partial charge in [0.2, 0.25) is 0 Å². The van der Waals surface area contributed by atoms with Gasteiger partial charge in [0, 0.05) is 23.8 Å². The van der Waals surface area contributed by atoms with Crippen molar-refractivity contribution in [2.24, 2.45) is 11.7 Å². The third-order valence-corrected chi connectivity index (χ3v) is 3.82. The first-order valence-corrected chi connectivity index (χ1v) is 6.72. The van der Waals surface area contributed by atoms with Crippen LogP contribution in [-0.2, 0) is 0 Å². The van der Waals surface area contributed by atoms with Gasteiger partial charge in [-0.2, -0.15) is 0 Å². The van der Waals surface area contributed by atoms with Crippen molar-refractivity contribution in [3.8, 4) is 0 Å². The summed E-state index contributed by atoms with van der Waals surface area (Å²) in [7, 11) is 0. The van der Waals surface area contributed by atoms with Crippen LogP contribution < -0.4 is 10.6 Å². The van der Waals surface area contributed by atoms with Gasteiger partial charge in [0.25, 0.3) is 0 Å². The summed E-state index contributed by atoms with van der Waals surface area (Å²) in [6, 6.07) is 6.82. The van der Waals surface area contributed by atoms with E-state index >= 15 is 0 Å². The van der Waals surface area contributed by atoms with Gasteiger partial charge in [0.15, 0.2) is 0 Å². The van der Waals surface area contributed by atoms with Crippen LogP contribution in [0.25, 0.3) is 0 Å². The molecular formula is C15H23N3. The number of nitrogens with one attached hydrogen (secondary N) is 1. The minimum atomic E-state index is 0.170. The molecule has 1 unspecified atom stereocenters. The molecule has 1 saturated heterocycles. The second kappa shape index (κ2) is 5.01. The molecule has 0 bridgehead atoms.